The summed E-state index contributed by atoms with van der Waals surface area (Å²) in [5.41, 5.74) is 3.41. The summed E-state index contributed by atoms with van der Waals surface area (Å²) in [5, 5.41) is 11.3. The second-order valence-electron chi connectivity index (χ2n) is 7.97. The predicted octanol–water partition coefficient (Wildman–Crippen LogP) is 3.76. The van der Waals surface area contributed by atoms with Gasteiger partial charge in [0, 0.05) is 44.1 Å². The van der Waals surface area contributed by atoms with Crippen molar-refractivity contribution in [3.05, 3.63) is 71.6 Å². The van der Waals surface area contributed by atoms with Crippen molar-refractivity contribution in [1.82, 2.24) is 20.4 Å². The van der Waals surface area contributed by atoms with Crippen molar-refractivity contribution in [3.63, 3.8) is 0 Å². The standard InChI is InChI=1S/C24H28N4O2/c1-18-7-9-20(10-8-18)24-27-26-23(30-24)12-11-22(29)25-21-13-15-28(16-14-21)17-19-5-3-2-4-6-19/h2-10,21H,11-17H2,1H3,(H,25,29). The molecule has 2 heterocycles. The Morgan fingerprint density at radius 3 is 2.53 bits per heavy atom. The van der Waals surface area contributed by atoms with Crippen molar-refractivity contribution in [1.29, 1.82) is 0 Å². The Kier molecular flexibility index (Phi) is 6.54. The smallest absolute Gasteiger partial charge is 0.247 e. The fraction of sp³-hybridized carbons (Fsp3) is 0.375. The third-order valence-corrected chi connectivity index (χ3v) is 5.53. The van der Waals surface area contributed by atoms with E-state index in [0.717, 1.165) is 38.0 Å². The quantitative estimate of drug-likeness (QED) is 0.649. The van der Waals surface area contributed by atoms with Crippen LogP contribution >= 0.6 is 0 Å². The first-order valence-corrected chi connectivity index (χ1v) is 10.6. The first-order chi connectivity index (χ1) is 14.7. The minimum atomic E-state index is 0.0478. The molecule has 1 aliphatic rings. The summed E-state index contributed by atoms with van der Waals surface area (Å²) in [6.07, 6.45) is 2.78. The summed E-state index contributed by atoms with van der Waals surface area (Å²) in [6, 6.07) is 18.7. The SMILES string of the molecule is Cc1ccc(-c2nnc(CCC(=O)NC3CCN(Cc4ccccc4)CC3)o2)cc1. The maximum absolute atomic E-state index is 12.4. The zero-order valence-electron chi connectivity index (χ0n) is 17.4. The molecule has 0 bridgehead atoms. The van der Waals surface area contributed by atoms with Gasteiger partial charge in [0.05, 0.1) is 0 Å². The monoisotopic (exact) mass is 404 g/mol. The van der Waals surface area contributed by atoms with Crippen molar-refractivity contribution in [2.45, 2.75) is 45.2 Å². The lowest BCUT2D eigenvalue weighted by atomic mass is 10.0. The summed E-state index contributed by atoms with van der Waals surface area (Å²) in [7, 11) is 0. The molecule has 1 N–H and O–H groups in total. The molecule has 30 heavy (non-hydrogen) atoms. The first-order valence-electron chi connectivity index (χ1n) is 10.6. The van der Waals surface area contributed by atoms with E-state index >= 15 is 0 Å². The fourth-order valence-electron chi connectivity index (χ4n) is 3.76. The van der Waals surface area contributed by atoms with E-state index in [-0.39, 0.29) is 11.9 Å². The van der Waals surface area contributed by atoms with Crippen LogP contribution in [0.1, 0.15) is 36.3 Å². The number of nitrogens with zero attached hydrogens (tertiary/aromatic N) is 3. The molecule has 2 aromatic carbocycles. The summed E-state index contributed by atoms with van der Waals surface area (Å²) in [6.45, 7) is 5.02. The van der Waals surface area contributed by atoms with Gasteiger partial charge in [-0.15, -0.1) is 10.2 Å². The third-order valence-electron chi connectivity index (χ3n) is 5.53. The second-order valence-corrected chi connectivity index (χ2v) is 7.97. The summed E-state index contributed by atoms with van der Waals surface area (Å²) in [4.78, 5) is 14.8. The molecule has 0 aliphatic carbocycles. The molecule has 4 rings (SSSR count). The largest absolute Gasteiger partial charge is 0.421 e. The molecule has 0 atom stereocenters. The van der Waals surface area contributed by atoms with Crippen LogP contribution in [-0.4, -0.2) is 40.1 Å². The highest BCUT2D eigenvalue weighted by Gasteiger charge is 2.21. The maximum Gasteiger partial charge on any atom is 0.247 e. The van der Waals surface area contributed by atoms with Gasteiger partial charge in [-0.25, -0.2) is 0 Å². The Hall–Kier alpha value is -2.99. The zero-order valence-corrected chi connectivity index (χ0v) is 17.4. The lowest BCUT2D eigenvalue weighted by molar-refractivity contribution is -0.122. The van der Waals surface area contributed by atoms with Gasteiger partial charge in [-0.05, 0) is 37.5 Å². The van der Waals surface area contributed by atoms with Crippen molar-refractivity contribution >= 4 is 5.91 Å². The molecule has 1 aliphatic heterocycles. The van der Waals surface area contributed by atoms with E-state index in [0.29, 0.717) is 24.6 Å². The van der Waals surface area contributed by atoms with Crippen LogP contribution in [0, 0.1) is 6.92 Å². The number of benzene rings is 2. The van der Waals surface area contributed by atoms with E-state index < -0.39 is 0 Å². The number of aromatic nitrogens is 2. The number of piperidine rings is 1. The Bertz CT molecular complexity index is 945. The van der Waals surface area contributed by atoms with Crippen molar-refractivity contribution in [2.24, 2.45) is 0 Å². The molecule has 1 amide bonds. The van der Waals surface area contributed by atoms with E-state index in [1.165, 1.54) is 11.1 Å². The molecule has 1 saturated heterocycles. The predicted molar refractivity (Wildman–Crippen MR) is 116 cm³/mol. The number of nitrogens with one attached hydrogen (secondary N) is 1. The van der Waals surface area contributed by atoms with Crippen LogP contribution in [0.4, 0.5) is 0 Å². The number of likely N-dealkylation sites (tertiary alicyclic amines) is 1. The summed E-state index contributed by atoms with van der Waals surface area (Å²) < 4.78 is 5.71. The number of rotatable bonds is 7. The number of hydrogen-bond acceptors (Lipinski definition) is 5. The first kappa shape index (κ1) is 20.3. The maximum atomic E-state index is 12.4. The highest BCUT2D eigenvalue weighted by molar-refractivity contribution is 5.76. The Morgan fingerprint density at radius 2 is 1.80 bits per heavy atom. The molecular weight excluding hydrogens is 376 g/mol. The van der Waals surface area contributed by atoms with Crippen LogP contribution in [0.25, 0.3) is 11.5 Å². The fourth-order valence-corrected chi connectivity index (χ4v) is 3.76. The minimum absolute atomic E-state index is 0.0478. The van der Waals surface area contributed by atoms with Crippen molar-refractivity contribution in [3.8, 4) is 11.5 Å². The number of carbonyl (C=O) groups is 1. The van der Waals surface area contributed by atoms with Gasteiger partial charge in [0.15, 0.2) is 0 Å². The molecule has 6 nitrogen and oxygen atoms in total. The molecule has 0 spiro atoms. The summed E-state index contributed by atoms with van der Waals surface area (Å²) >= 11 is 0. The van der Waals surface area contributed by atoms with Gasteiger partial charge in [-0.2, -0.15) is 0 Å². The molecule has 0 saturated carbocycles. The number of carbonyl (C=O) groups excluding carboxylic acids is 1. The van der Waals surface area contributed by atoms with Gasteiger partial charge in [0.25, 0.3) is 0 Å². The Balaban J connectivity index is 1.19. The Labute approximate surface area is 177 Å². The lowest BCUT2D eigenvalue weighted by Gasteiger charge is -2.32. The van der Waals surface area contributed by atoms with Gasteiger partial charge in [0.2, 0.25) is 17.7 Å². The van der Waals surface area contributed by atoms with E-state index in [1.54, 1.807) is 0 Å². The molecule has 0 unspecified atom stereocenters. The van der Waals surface area contributed by atoms with Crippen molar-refractivity contribution < 1.29 is 9.21 Å². The van der Waals surface area contributed by atoms with Crippen LogP contribution < -0.4 is 5.32 Å². The van der Waals surface area contributed by atoms with E-state index in [1.807, 2.05) is 37.3 Å². The highest BCUT2D eigenvalue weighted by atomic mass is 16.4. The van der Waals surface area contributed by atoms with Crippen molar-refractivity contribution in [2.75, 3.05) is 13.1 Å². The molecule has 6 heteroatoms. The van der Waals surface area contributed by atoms with Gasteiger partial charge < -0.3 is 9.73 Å². The van der Waals surface area contributed by atoms with Gasteiger partial charge >= 0.3 is 0 Å². The van der Waals surface area contributed by atoms with Crippen LogP contribution in [0.3, 0.4) is 0 Å². The van der Waals surface area contributed by atoms with Gasteiger partial charge in [-0.1, -0.05) is 48.0 Å². The zero-order chi connectivity index (χ0) is 20.8. The molecular formula is C24H28N4O2. The van der Waals surface area contributed by atoms with Gasteiger partial charge in [-0.3, -0.25) is 9.69 Å². The van der Waals surface area contributed by atoms with Crippen LogP contribution in [0.5, 0.6) is 0 Å². The molecule has 3 aromatic rings. The summed E-state index contributed by atoms with van der Waals surface area (Å²) in [5.74, 6) is 1.04. The van der Waals surface area contributed by atoms with E-state index in [2.05, 4.69) is 44.7 Å². The highest BCUT2D eigenvalue weighted by Crippen LogP contribution is 2.19. The van der Waals surface area contributed by atoms with E-state index in [9.17, 15) is 4.79 Å². The number of hydrogen-bond donors (Lipinski definition) is 1. The number of aryl methyl sites for hydroxylation is 2. The average Bonchev–Trinajstić information content (AvgIpc) is 3.24. The van der Waals surface area contributed by atoms with Crippen LogP contribution in [0.15, 0.2) is 59.0 Å². The molecule has 1 aromatic heterocycles. The Morgan fingerprint density at radius 1 is 1.07 bits per heavy atom. The van der Waals surface area contributed by atoms with Gasteiger partial charge in [0.1, 0.15) is 0 Å². The van der Waals surface area contributed by atoms with Crippen LogP contribution in [0.2, 0.25) is 0 Å². The third kappa shape index (κ3) is 5.54. The number of amides is 1. The molecule has 1 fully saturated rings. The van der Waals surface area contributed by atoms with E-state index in [4.69, 9.17) is 4.42 Å². The second kappa shape index (κ2) is 9.67. The molecule has 0 radical (unpaired) electrons. The minimum Gasteiger partial charge on any atom is -0.421 e. The topological polar surface area (TPSA) is 71.3 Å². The normalized spacial score (nSPS) is 15.2. The van der Waals surface area contributed by atoms with Crippen LogP contribution in [-0.2, 0) is 17.8 Å². The lowest BCUT2D eigenvalue weighted by Crippen LogP contribution is -2.44. The molecule has 156 valence electrons. The average molecular weight is 405 g/mol.